The summed E-state index contributed by atoms with van der Waals surface area (Å²) in [5, 5.41) is 0. The van der Waals surface area contributed by atoms with E-state index in [4.69, 9.17) is 4.42 Å². The van der Waals surface area contributed by atoms with E-state index in [9.17, 15) is 4.79 Å². The number of aromatic nitrogens is 1. The molecule has 0 spiro atoms. The normalized spacial score (nSPS) is 22.4. The van der Waals surface area contributed by atoms with Crippen molar-refractivity contribution >= 4 is 5.91 Å². The van der Waals surface area contributed by atoms with Gasteiger partial charge in [-0.05, 0) is 25.8 Å². The first kappa shape index (κ1) is 16.5. The maximum atomic E-state index is 12.7. The van der Waals surface area contributed by atoms with E-state index in [1.165, 1.54) is 19.3 Å². The molecule has 0 radical (unpaired) electrons. The zero-order valence-electron chi connectivity index (χ0n) is 14.7. The highest BCUT2D eigenvalue weighted by molar-refractivity contribution is 5.78. The lowest BCUT2D eigenvalue weighted by molar-refractivity contribution is -0.134. The number of hydrogen-bond donors (Lipinski definition) is 0. The van der Waals surface area contributed by atoms with Gasteiger partial charge in [0.15, 0.2) is 5.89 Å². The summed E-state index contributed by atoms with van der Waals surface area (Å²) in [5.41, 5.74) is 0.957. The van der Waals surface area contributed by atoms with Crippen molar-refractivity contribution in [2.45, 2.75) is 71.4 Å². The van der Waals surface area contributed by atoms with Crippen LogP contribution in [0.15, 0.2) is 4.42 Å². The van der Waals surface area contributed by atoms with Gasteiger partial charge in [-0.25, -0.2) is 4.98 Å². The van der Waals surface area contributed by atoms with Gasteiger partial charge >= 0.3 is 0 Å². The van der Waals surface area contributed by atoms with E-state index in [0.29, 0.717) is 25.0 Å². The number of carbonyl (C=O) groups is 1. The van der Waals surface area contributed by atoms with Crippen molar-refractivity contribution in [1.82, 2.24) is 14.8 Å². The molecule has 0 N–H and O–H groups in total. The Balaban J connectivity index is 1.62. The molecule has 2 aliphatic heterocycles. The van der Waals surface area contributed by atoms with Gasteiger partial charge in [0.1, 0.15) is 11.5 Å². The molecule has 0 aliphatic carbocycles. The Labute approximate surface area is 139 Å². The van der Waals surface area contributed by atoms with Gasteiger partial charge in [0, 0.05) is 24.9 Å². The van der Waals surface area contributed by atoms with Crippen molar-refractivity contribution in [1.29, 1.82) is 0 Å². The minimum Gasteiger partial charge on any atom is -0.445 e. The Bertz CT molecular complexity index is 552. The fourth-order valence-corrected chi connectivity index (χ4v) is 3.68. The average molecular weight is 319 g/mol. The molecule has 23 heavy (non-hydrogen) atoms. The summed E-state index contributed by atoms with van der Waals surface area (Å²) in [5.74, 6) is 2.31. The van der Waals surface area contributed by atoms with E-state index in [-0.39, 0.29) is 5.91 Å². The molecule has 128 valence electrons. The second-order valence-corrected chi connectivity index (χ2v) is 7.17. The summed E-state index contributed by atoms with van der Waals surface area (Å²) in [7, 11) is 0. The predicted octanol–water partition coefficient (Wildman–Crippen LogP) is 2.95. The summed E-state index contributed by atoms with van der Waals surface area (Å²) in [6, 6.07) is 0.577. The van der Waals surface area contributed by atoms with E-state index < -0.39 is 0 Å². The topological polar surface area (TPSA) is 49.6 Å². The summed E-state index contributed by atoms with van der Waals surface area (Å²) in [4.78, 5) is 21.6. The van der Waals surface area contributed by atoms with Crippen molar-refractivity contribution in [3.63, 3.8) is 0 Å². The molecular weight excluding hydrogens is 290 g/mol. The van der Waals surface area contributed by atoms with Crippen molar-refractivity contribution < 1.29 is 9.21 Å². The SMILES string of the molecule is CCC1CCCCN1CC(=O)N1CCc2oc(C(C)C)nc2C1. The highest BCUT2D eigenvalue weighted by Crippen LogP contribution is 2.24. The van der Waals surface area contributed by atoms with E-state index in [0.717, 1.165) is 43.3 Å². The third kappa shape index (κ3) is 3.60. The van der Waals surface area contributed by atoms with Crippen LogP contribution < -0.4 is 0 Å². The molecular formula is C18H29N3O2. The third-order valence-corrected chi connectivity index (χ3v) is 5.15. The Kier molecular flexibility index (Phi) is 5.05. The molecule has 1 amide bonds. The number of likely N-dealkylation sites (tertiary alicyclic amines) is 1. The van der Waals surface area contributed by atoms with Crippen LogP contribution in [-0.4, -0.2) is 46.4 Å². The van der Waals surface area contributed by atoms with Crippen molar-refractivity contribution in [3.05, 3.63) is 17.3 Å². The molecule has 0 aromatic carbocycles. The number of rotatable bonds is 4. The molecule has 1 aromatic heterocycles. The van der Waals surface area contributed by atoms with Crippen LogP contribution in [0.3, 0.4) is 0 Å². The first-order chi connectivity index (χ1) is 11.1. The molecule has 1 atom stereocenters. The highest BCUT2D eigenvalue weighted by atomic mass is 16.4. The number of oxazole rings is 1. The monoisotopic (exact) mass is 319 g/mol. The van der Waals surface area contributed by atoms with Crippen molar-refractivity contribution in [2.24, 2.45) is 0 Å². The van der Waals surface area contributed by atoms with Crippen LogP contribution in [0.25, 0.3) is 0 Å². The first-order valence-electron chi connectivity index (χ1n) is 9.08. The lowest BCUT2D eigenvalue weighted by Crippen LogP contribution is -2.47. The van der Waals surface area contributed by atoms with Gasteiger partial charge in [0.05, 0.1) is 13.1 Å². The molecule has 2 aliphatic rings. The maximum Gasteiger partial charge on any atom is 0.237 e. The Morgan fingerprint density at radius 2 is 2.17 bits per heavy atom. The van der Waals surface area contributed by atoms with Gasteiger partial charge in [-0.1, -0.05) is 27.2 Å². The molecule has 1 fully saturated rings. The fraction of sp³-hybridized carbons (Fsp3) is 0.778. The number of amides is 1. The van der Waals surface area contributed by atoms with Crippen molar-refractivity contribution in [3.8, 4) is 0 Å². The molecule has 0 bridgehead atoms. The van der Waals surface area contributed by atoms with E-state index in [1.807, 2.05) is 4.90 Å². The van der Waals surface area contributed by atoms with Gasteiger partial charge in [-0.2, -0.15) is 0 Å². The lowest BCUT2D eigenvalue weighted by Gasteiger charge is -2.36. The molecule has 5 nitrogen and oxygen atoms in total. The molecule has 5 heteroatoms. The fourth-order valence-electron chi connectivity index (χ4n) is 3.68. The summed E-state index contributed by atoms with van der Waals surface area (Å²) < 4.78 is 5.82. The largest absolute Gasteiger partial charge is 0.445 e. The summed E-state index contributed by atoms with van der Waals surface area (Å²) >= 11 is 0. The second-order valence-electron chi connectivity index (χ2n) is 7.17. The van der Waals surface area contributed by atoms with Crippen LogP contribution in [0, 0.1) is 0 Å². The van der Waals surface area contributed by atoms with Crippen molar-refractivity contribution in [2.75, 3.05) is 19.6 Å². The number of carbonyl (C=O) groups excluding carboxylic acids is 1. The zero-order chi connectivity index (χ0) is 16.4. The third-order valence-electron chi connectivity index (χ3n) is 5.15. The van der Waals surface area contributed by atoms with Gasteiger partial charge in [0.2, 0.25) is 5.91 Å². The molecule has 3 heterocycles. The van der Waals surface area contributed by atoms with Gasteiger partial charge < -0.3 is 9.32 Å². The van der Waals surface area contributed by atoms with E-state index in [2.05, 4.69) is 30.7 Å². The molecule has 3 rings (SSSR count). The highest BCUT2D eigenvalue weighted by Gasteiger charge is 2.29. The molecule has 1 saturated heterocycles. The Hall–Kier alpha value is -1.36. The minimum absolute atomic E-state index is 0.241. The quantitative estimate of drug-likeness (QED) is 0.856. The number of fused-ring (bicyclic) bond motifs is 1. The van der Waals surface area contributed by atoms with E-state index >= 15 is 0 Å². The van der Waals surface area contributed by atoms with Crippen LogP contribution >= 0.6 is 0 Å². The van der Waals surface area contributed by atoms with Gasteiger partial charge in [-0.3, -0.25) is 9.69 Å². The molecule has 1 unspecified atom stereocenters. The standard InChI is InChI=1S/C18H29N3O2/c1-4-14-7-5-6-9-20(14)12-17(22)21-10-8-16-15(11-21)19-18(23-16)13(2)3/h13-14H,4-12H2,1-3H3. The Morgan fingerprint density at radius 1 is 1.35 bits per heavy atom. The molecule has 0 saturated carbocycles. The molecule has 1 aromatic rings. The Morgan fingerprint density at radius 3 is 2.91 bits per heavy atom. The van der Waals surface area contributed by atoms with Gasteiger partial charge in [0.25, 0.3) is 0 Å². The smallest absolute Gasteiger partial charge is 0.237 e. The number of nitrogens with zero attached hydrogens (tertiary/aromatic N) is 3. The summed E-state index contributed by atoms with van der Waals surface area (Å²) in [6.07, 6.45) is 5.67. The minimum atomic E-state index is 0.241. The van der Waals surface area contributed by atoms with Crippen LogP contribution in [0.5, 0.6) is 0 Å². The van der Waals surface area contributed by atoms with Crippen LogP contribution in [0.1, 0.15) is 69.7 Å². The van der Waals surface area contributed by atoms with Crippen LogP contribution in [-0.2, 0) is 17.8 Å². The number of piperidine rings is 1. The van der Waals surface area contributed by atoms with Crippen LogP contribution in [0.4, 0.5) is 0 Å². The second kappa shape index (κ2) is 7.04. The van der Waals surface area contributed by atoms with Crippen LogP contribution in [0.2, 0.25) is 0 Å². The lowest BCUT2D eigenvalue weighted by atomic mass is 10.00. The summed E-state index contributed by atoms with van der Waals surface area (Å²) in [6.45, 7) is 9.37. The first-order valence-corrected chi connectivity index (χ1v) is 9.08. The zero-order valence-corrected chi connectivity index (χ0v) is 14.7. The maximum absolute atomic E-state index is 12.7. The van der Waals surface area contributed by atoms with Gasteiger partial charge in [-0.15, -0.1) is 0 Å². The predicted molar refractivity (Wildman–Crippen MR) is 89.2 cm³/mol. The number of hydrogen-bond acceptors (Lipinski definition) is 4. The van der Waals surface area contributed by atoms with E-state index in [1.54, 1.807) is 0 Å². The average Bonchev–Trinajstić information content (AvgIpc) is 2.98.